The SMILES string of the molecule is CC[C@H]1CN(C(=O)Nc2ncc(N(C)C)nc2C)CCN1c1nc(N)nc2c1cnn2C. The van der Waals surface area contributed by atoms with Crippen molar-refractivity contribution in [3.63, 3.8) is 0 Å². The quantitative estimate of drug-likeness (QED) is 0.615. The van der Waals surface area contributed by atoms with Crippen molar-refractivity contribution in [1.29, 1.82) is 0 Å². The van der Waals surface area contributed by atoms with E-state index in [9.17, 15) is 4.79 Å². The van der Waals surface area contributed by atoms with E-state index in [0.29, 0.717) is 36.8 Å². The first-order chi connectivity index (χ1) is 15.3. The monoisotopic (exact) mass is 439 g/mol. The number of carbonyl (C=O) groups excluding carboxylic acids is 1. The summed E-state index contributed by atoms with van der Waals surface area (Å²) in [6.07, 6.45) is 4.24. The average Bonchev–Trinajstić information content (AvgIpc) is 3.14. The number of nitrogens with zero attached hydrogens (tertiary/aromatic N) is 9. The molecule has 32 heavy (non-hydrogen) atoms. The summed E-state index contributed by atoms with van der Waals surface area (Å²) in [5.41, 5.74) is 7.34. The molecule has 3 aromatic rings. The van der Waals surface area contributed by atoms with E-state index < -0.39 is 0 Å². The zero-order valence-electron chi connectivity index (χ0n) is 19.1. The maximum Gasteiger partial charge on any atom is 0.323 e. The maximum atomic E-state index is 13.0. The molecule has 4 rings (SSSR count). The highest BCUT2D eigenvalue weighted by atomic mass is 16.2. The highest BCUT2D eigenvalue weighted by Gasteiger charge is 2.31. The molecular formula is C20H29N11O. The van der Waals surface area contributed by atoms with Gasteiger partial charge in [0.15, 0.2) is 11.5 Å². The Morgan fingerprint density at radius 2 is 2.03 bits per heavy atom. The first kappa shape index (κ1) is 21.5. The number of fused-ring (bicyclic) bond motifs is 1. The second-order valence-corrected chi connectivity index (χ2v) is 8.10. The molecule has 12 heteroatoms. The van der Waals surface area contributed by atoms with Crippen LogP contribution in [0.5, 0.6) is 0 Å². The molecule has 2 amide bonds. The van der Waals surface area contributed by atoms with E-state index in [0.717, 1.165) is 23.4 Å². The Kier molecular flexibility index (Phi) is 5.68. The van der Waals surface area contributed by atoms with Crippen LogP contribution in [0, 0.1) is 6.92 Å². The molecule has 3 aromatic heterocycles. The predicted octanol–water partition coefficient (Wildman–Crippen LogP) is 1.24. The fourth-order valence-corrected chi connectivity index (χ4v) is 3.90. The number of urea groups is 1. The van der Waals surface area contributed by atoms with Crippen molar-refractivity contribution in [2.24, 2.45) is 7.05 Å². The first-order valence-electron chi connectivity index (χ1n) is 10.6. The van der Waals surface area contributed by atoms with Crippen LogP contribution < -0.4 is 20.9 Å². The lowest BCUT2D eigenvalue weighted by Crippen LogP contribution is -2.56. The van der Waals surface area contributed by atoms with Crippen LogP contribution in [0.25, 0.3) is 11.0 Å². The lowest BCUT2D eigenvalue weighted by molar-refractivity contribution is 0.197. The van der Waals surface area contributed by atoms with Crippen LogP contribution in [-0.2, 0) is 7.05 Å². The Morgan fingerprint density at radius 1 is 1.25 bits per heavy atom. The molecule has 12 nitrogen and oxygen atoms in total. The number of anilines is 4. The summed E-state index contributed by atoms with van der Waals surface area (Å²) in [5.74, 6) is 2.18. The van der Waals surface area contributed by atoms with Crippen LogP contribution in [-0.4, -0.2) is 80.4 Å². The summed E-state index contributed by atoms with van der Waals surface area (Å²) in [6, 6.07) is -0.109. The predicted molar refractivity (Wildman–Crippen MR) is 124 cm³/mol. The molecule has 1 saturated heterocycles. The second kappa shape index (κ2) is 8.44. The summed E-state index contributed by atoms with van der Waals surface area (Å²) in [7, 11) is 5.63. The van der Waals surface area contributed by atoms with Crippen LogP contribution >= 0.6 is 0 Å². The number of aryl methyl sites for hydroxylation is 2. The molecule has 0 saturated carbocycles. The molecule has 0 radical (unpaired) electrons. The van der Waals surface area contributed by atoms with Gasteiger partial charge in [-0.3, -0.25) is 10.00 Å². The number of hydrogen-bond acceptors (Lipinski definition) is 9. The zero-order chi connectivity index (χ0) is 23.0. The number of nitrogens with one attached hydrogen (secondary N) is 1. The van der Waals surface area contributed by atoms with Crippen molar-refractivity contribution in [2.75, 3.05) is 54.6 Å². The number of aromatic nitrogens is 6. The molecule has 0 spiro atoms. The third-order valence-electron chi connectivity index (χ3n) is 5.72. The fourth-order valence-electron chi connectivity index (χ4n) is 3.90. The number of amides is 2. The van der Waals surface area contributed by atoms with Gasteiger partial charge in [-0.2, -0.15) is 15.1 Å². The van der Waals surface area contributed by atoms with Crippen molar-refractivity contribution in [3.05, 3.63) is 18.1 Å². The van der Waals surface area contributed by atoms with Gasteiger partial charge in [-0.15, -0.1) is 0 Å². The summed E-state index contributed by atoms with van der Waals surface area (Å²) >= 11 is 0. The molecule has 170 valence electrons. The minimum Gasteiger partial charge on any atom is -0.368 e. The second-order valence-electron chi connectivity index (χ2n) is 8.10. The van der Waals surface area contributed by atoms with Gasteiger partial charge in [0.2, 0.25) is 5.95 Å². The van der Waals surface area contributed by atoms with E-state index in [1.54, 1.807) is 22.0 Å². The van der Waals surface area contributed by atoms with E-state index in [1.807, 2.05) is 33.0 Å². The summed E-state index contributed by atoms with van der Waals surface area (Å²) in [4.78, 5) is 36.5. The Bertz CT molecular complexity index is 1140. The normalized spacial score (nSPS) is 16.5. The smallest absolute Gasteiger partial charge is 0.323 e. The number of piperazine rings is 1. The topological polar surface area (TPSA) is 134 Å². The van der Waals surface area contributed by atoms with E-state index >= 15 is 0 Å². The van der Waals surface area contributed by atoms with Gasteiger partial charge in [0.25, 0.3) is 0 Å². The molecule has 0 bridgehead atoms. The fraction of sp³-hybridized carbons (Fsp3) is 0.500. The van der Waals surface area contributed by atoms with Crippen molar-refractivity contribution in [2.45, 2.75) is 26.3 Å². The van der Waals surface area contributed by atoms with Crippen molar-refractivity contribution >= 4 is 40.5 Å². The third kappa shape index (κ3) is 3.95. The Morgan fingerprint density at radius 3 is 2.72 bits per heavy atom. The molecular weight excluding hydrogens is 410 g/mol. The first-order valence-corrected chi connectivity index (χ1v) is 10.6. The summed E-state index contributed by atoms with van der Waals surface area (Å²) in [6.45, 7) is 5.64. The average molecular weight is 440 g/mol. The summed E-state index contributed by atoms with van der Waals surface area (Å²) < 4.78 is 1.69. The van der Waals surface area contributed by atoms with Gasteiger partial charge < -0.3 is 20.4 Å². The van der Waals surface area contributed by atoms with Gasteiger partial charge in [0, 0.05) is 46.8 Å². The van der Waals surface area contributed by atoms with Crippen molar-refractivity contribution in [3.8, 4) is 0 Å². The molecule has 3 N–H and O–H groups in total. The number of hydrogen-bond donors (Lipinski definition) is 2. The van der Waals surface area contributed by atoms with Gasteiger partial charge in [0.1, 0.15) is 11.6 Å². The van der Waals surface area contributed by atoms with Gasteiger partial charge in [0.05, 0.1) is 23.5 Å². The van der Waals surface area contributed by atoms with Crippen molar-refractivity contribution < 1.29 is 4.79 Å². The Labute approximate surface area is 186 Å². The molecule has 1 atom stereocenters. The number of carbonyl (C=O) groups is 1. The molecule has 1 aliphatic heterocycles. The minimum atomic E-state index is -0.188. The largest absolute Gasteiger partial charge is 0.368 e. The number of rotatable bonds is 4. The van der Waals surface area contributed by atoms with E-state index in [4.69, 9.17) is 5.73 Å². The number of nitrogens with two attached hydrogens (primary N) is 1. The molecule has 0 unspecified atom stereocenters. The molecule has 1 aliphatic rings. The standard InChI is InChI=1S/C20H29N11O/c1-6-13-11-30(20(32)25-16-12(2)24-15(10-22-16)28(3)4)7-8-31(13)18-14-9-23-29(5)17(14)26-19(21)27-18/h9-10,13H,6-8,11H2,1-5H3,(H2,21,26,27)(H,22,25,32)/t13-/m0/s1. The third-order valence-corrected chi connectivity index (χ3v) is 5.72. The van der Waals surface area contributed by atoms with Crippen LogP contribution in [0.15, 0.2) is 12.4 Å². The van der Waals surface area contributed by atoms with E-state index in [-0.39, 0.29) is 18.0 Å². The van der Waals surface area contributed by atoms with Gasteiger partial charge >= 0.3 is 6.03 Å². The Balaban J connectivity index is 1.51. The molecule has 4 heterocycles. The summed E-state index contributed by atoms with van der Waals surface area (Å²) in [5, 5.41) is 8.06. The highest BCUT2D eigenvalue weighted by Crippen LogP contribution is 2.28. The van der Waals surface area contributed by atoms with E-state index in [2.05, 4.69) is 42.2 Å². The number of nitrogen functional groups attached to an aromatic ring is 1. The molecule has 0 aliphatic carbocycles. The van der Waals surface area contributed by atoms with Gasteiger partial charge in [-0.1, -0.05) is 6.92 Å². The maximum absolute atomic E-state index is 13.0. The van der Waals surface area contributed by atoms with Crippen LogP contribution in [0.4, 0.5) is 28.2 Å². The van der Waals surface area contributed by atoms with E-state index in [1.165, 1.54) is 0 Å². The van der Waals surface area contributed by atoms with Crippen LogP contribution in [0.1, 0.15) is 19.0 Å². The van der Waals surface area contributed by atoms with Gasteiger partial charge in [-0.05, 0) is 13.3 Å². The molecule has 0 aromatic carbocycles. The minimum absolute atomic E-state index is 0.0792. The zero-order valence-corrected chi connectivity index (χ0v) is 19.1. The van der Waals surface area contributed by atoms with Gasteiger partial charge in [-0.25, -0.2) is 14.8 Å². The molecule has 1 fully saturated rings. The van der Waals surface area contributed by atoms with Crippen molar-refractivity contribution in [1.82, 2.24) is 34.6 Å². The van der Waals surface area contributed by atoms with Crippen LogP contribution in [0.2, 0.25) is 0 Å². The highest BCUT2D eigenvalue weighted by molar-refractivity contribution is 5.90. The lowest BCUT2D eigenvalue weighted by atomic mass is 10.1. The van der Waals surface area contributed by atoms with Crippen LogP contribution in [0.3, 0.4) is 0 Å². The Hall–Kier alpha value is -3.70. The lowest BCUT2D eigenvalue weighted by Gasteiger charge is -2.41.